The van der Waals surface area contributed by atoms with E-state index < -0.39 is 29.8 Å². The molecule has 0 fully saturated rings. The number of hydrogen-bond donors (Lipinski definition) is 4. The Labute approximate surface area is 206 Å². The summed E-state index contributed by atoms with van der Waals surface area (Å²) in [5.41, 5.74) is 7.04. The summed E-state index contributed by atoms with van der Waals surface area (Å²) in [6.07, 6.45) is 2.62. The molecule has 11 nitrogen and oxygen atoms in total. The zero-order valence-corrected chi connectivity index (χ0v) is 19.9. The molecule has 1 heterocycles. The minimum absolute atomic E-state index is 0.108. The van der Waals surface area contributed by atoms with E-state index in [2.05, 4.69) is 5.32 Å². The van der Waals surface area contributed by atoms with Crippen LogP contribution < -0.4 is 11.1 Å². The Hall–Kier alpha value is -3.67. The Morgan fingerprint density at radius 1 is 1.11 bits per heavy atom. The van der Waals surface area contributed by atoms with Crippen molar-refractivity contribution >= 4 is 35.5 Å². The third kappa shape index (κ3) is 9.24. The van der Waals surface area contributed by atoms with E-state index in [-0.39, 0.29) is 24.4 Å². The van der Waals surface area contributed by atoms with Gasteiger partial charge in [-0.2, -0.15) is 0 Å². The molecule has 1 atom stereocenters. The van der Waals surface area contributed by atoms with Crippen molar-refractivity contribution in [2.45, 2.75) is 12.8 Å². The molecule has 0 radical (unpaired) electrons. The Kier molecular flexibility index (Phi) is 12.8. The lowest BCUT2D eigenvalue weighted by molar-refractivity contribution is -0.139. The zero-order valence-electron chi connectivity index (χ0n) is 19.2. The molecule has 0 aromatic heterocycles. The monoisotopic (exact) mass is 510 g/mol. The van der Waals surface area contributed by atoms with Crippen LogP contribution in [0.5, 0.6) is 0 Å². The van der Waals surface area contributed by atoms with Crippen LogP contribution in [0.1, 0.15) is 18.4 Å². The zero-order chi connectivity index (χ0) is 26.4. The Bertz CT molecular complexity index is 1000. The van der Waals surface area contributed by atoms with Crippen LogP contribution in [-0.4, -0.2) is 67.6 Å². The van der Waals surface area contributed by atoms with Crippen molar-refractivity contribution in [3.63, 3.8) is 0 Å². The first-order chi connectivity index (χ1) is 16.7. The van der Waals surface area contributed by atoms with E-state index in [1.54, 1.807) is 31.2 Å². The number of rotatable bonds is 10. The highest BCUT2D eigenvalue weighted by atomic mass is 35.5. The largest absolute Gasteiger partial charge is 0.478 e. The van der Waals surface area contributed by atoms with Crippen molar-refractivity contribution in [3.05, 3.63) is 70.0 Å². The average Bonchev–Trinajstić information content (AvgIpc) is 2.83. The maximum Gasteiger partial charge on any atom is 0.336 e. The average molecular weight is 511 g/mol. The molecule has 190 valence electrons. The molecule has 0 aliphatic carbocycles. The Morgan fingerprint density at radius 2 is 1.74 bits per heavy atom. The number of esters is 2. The molecule has 5 N–H and O–H groups in total. The highest BCUT2D eigenvalue weighted by Crippen LogP contribution is 2.40. The van der Waals surface area contributed by atoms with Crippen molar-refractivity contribution in [2.75, 3.05) is 33.5 Å². The number of methoxy groups -OCH3 is 1. The number of nitrogens with one attached hydrogen (secondary N) is 1. The van der Waals surface area contributed by atoms with E-state index in [1.165, 1.54) is 13.3 Å². The lowest BCUT2D eigenvalue weighted by Gasteiger charge is -2.29. The van der Waals surface area contributed by atoms with E-state index in [0.29, 0.717) is 41.6 Å². The molecule has 1 aromatic rings. The van der Waals surface area contributed by atoms with E-state index in [9.17, 15) is 19.2 Å². The summed E-state index contributed by atoms with van der Waals surface area (Å²) in [6, 6.07) is 7.01. The smallest absolute Gasteiger partial charge is 0.336 e. The number of aliphatic carboxylic acids is 2. The second-order valence-electron chi connectivity index (χ2n) is 6.65. The molecule has 2 rings (SSSR count). The highest BCUT2D eigenvalue weighted by Gasteiger charge is 2.37. The molecule has 0 saturated carbocycles. The summed E-state index contributed by atoms with van der Waals surface area (Å²) in [4.78, 5) is 44.2. The van der Waals surface area contributed by atoms with E-state index >= 15 is 0 Å². The van der Waals surface area contributed by atoms with Crippen LogP contribution in [0.2, 0.25) is 5.02 Å². The summed E-state index contributed by atoms with van der Waals surface area (Å²) in [5, 5.41) is 19.0. The molecule has 12 heteroatoms. The van der Waals surface area contributed by atoms with Crippen molar-refractivity contribution in [3.8, 4) is 0 Å². The Balaban J connectivity index is 0.000000658. The van der Waals surface area contributed by atoms with Crippen LogP contribution in [0.3, 0.4) is 0 Å². The van der Waals surface area contributed by atoms with Gasteiger partial charge >= 0.3 is 23.9 Å². The fourth-order valence-electron chi connectivity index (χ4n) is 2.95. The molecule has 0 saturated heterocycles. The van der Waals surface area contributed by atoms with Crippen LogP contribution in [-0.2, 0) is 33.4 Å². The van der Waals surface area contributed by atoms with Gasteiger partial charge in [0.15, 0.2) is 0 Å². The molecular weight excluding hydrogens is 484 g/mol. The SMILES string of the molecule is CCOC(=O)C1=C(COCCN)NC=C(C(=O)OC)C1c1ccccc1Cl.O=C(O)C=CC(=O)O. The van der Waals surface area contributed by atoms with Gasteiger partial charge in [0.2, 0.25) is 0 Å². The summed E-state index contributed by atoms with van der Waals surface area (Å²) in [7, 11) is 1.28. The van der Waals surface area contributed by atoms with Crippen LogP contribution in [0.25, 0.3) is 0 Å². The molecule has 1 aliphatic rings. The summed E-state index contributed by atoms with van der Waals surface area (Å²) >= 11 is 6.37. The maximum atomic E-state index is 12.8. The third-order valence-corrected chi connectivity index (χ3v) is 4.68. The second-order valence-corrected chi connectivity index (χ2v) is 7.06. The van der Waals surface area contributed by atoms with Gasteiger partial charge in [-0.1, -0.05) is 29.8 Å². The number of carboxylic acid groups (broad SMARTS) is 2. The quantitative estimate of drug-likeness (QED) is 0.204. The number of halogens is 1. The van der Waals surface area contributed by atoms with Crippen LogP contribution in [0.15, 0.2) is 59.5 Å². The van der Waals surface area contributed by atoms with Crippen LogP contribution in [0, 0.1) is 0 Å². The number of dihydropyridines is 1. The number of carboxylic acids is 2. The summed E-state index contributed by atoms with van der Waals surface area (Å²) < 4.78 is 15.6. The van der Waals surface area contributed by atoms with Gasteiger partial charge in [-0.15, -0.1) is 0 Å². The minimum atomic E-state index is -1.26. The van der Waals surface area contributed by atoms with Crippen LogP contribution >= 0.6 is 11.6 Å². The van der Waals surface area contributed by atoms with Gasteiger partial charge in [0, 0.05) is 29.9 Å². The second kappa shape index (κ2) is 15.3. The first-order valence-corrected chi connectivity index (χ1v) is 10.7. The molecule has 1 unspecified atom stereocenters. The molecule has 1 aromatic carbocycles. The van der Waals surface area contributed by atoms with Gasteiger partial charge in [-0.25, -0.2) is 19.2 Å². The lowest BCUT2D eigenvalue weighted by Crippen LogP contribution is -2.32. The van der Waals surface area contributed by atoms with Gasteiger partial charge in [-0.05, 0) is 18.6 Å². The van der Waals surface area contributed by atoms with Gasteiger partial charge < -0.3 is 35.5 Å². The van der Waals surface area contributed by atoms with E-state index in [1.807, 2.05) is 0 Å². The standard InChI is InChI=1S/C19H23ClN2O5.C4H4O4/c1-3-27-19(24)17-15(11-26-9-8-21)22-10-13(18(23)25-2)16(17)12-6-4-5-7-14(12)20;5-3(6)1-2-4(7)8/h4-7,10,16,22H,3,8-9,11,21H2,1-2H3;1-2H,(H,5,6)(H,7,8). The van der Waals surface area contributed by atoms with Crippen LogP contribution in [0.4, 0.5) is 0 Å². The minimum Gasteiger partial charge on any atom is -0.478 e. The summed E-state index contributed by atoms with van der Waals surface area (Å²) in [6.45, 7) is 2.68. The van der Waals surface area contributed by atoms with Crippen molar-refractivity contribution < 1.29 is 43.6 Å². The number of ether oxygens (including phenoxy) is 3. The first-order valence-electron chi connectivity index (χ1n) is 10.3. The normalized spacial score (nSPS) is 14.9. The molecule has 35 heavy (non-hydrogen) atoms. The molecular formula is C23H27ClN2O9. The van der Waals surface area contributed by atoms with Gasteiger partial charge in [-0.3, -0.25) is 0 Å². The molecule has 0 bridgehead atoms. The number of carbonyl (C=O) groups is 4. The Morgan fingerprint density at radius 3 is 2.26 bits per heavy atom. The maximum absolute atomic E-state index is 12.8. The predicted molar refractivity (Wildman–Crippen MR) is 125 cm³/mol. The van der Waals surface area contributed by atoms with Gasteiger partial charge in [0.1, 0.15) is 0 Å². The highest BCUT2D eigenvalue weighted by molar-refractivity contribution is 6.31. The van der Waals surface area contributed by atoms with Crippen molar-refractivity contribution in [1.82, 2.24) is 5.32 Å². The molecule has 0 amide bonds. The fraction of sp³-hybridized carbons (Fsp3) is 0.304. The summed E-state index contributed by atoms with van der Waals surface area (Å²) in [5.74, 6) is -4.39. The van der Waals surface area contributed by atoms with E-state index in [0.717, 1.165) is 0 Å². The number of nitrogens with two attached hydrogens (primary N) is 1. The van der Waals surface area contributed by atoms with Crippen molar-refractivity contribution in [1.29, 1.82) is 0 Å². The molecule has 0 spiro atoms. The van der Waals surface area contributed by atoms with Crippen molar-refractivity contribution in [2.24, 2.45) is 5.73 Å². The topological polar surface area (TPSA) is 174 Å². The fourth-order valence-corrected chi connectivity index (χ4v) is 3.20. The van der Waals surface area contributed by atoms with Gasteiger partial charge in [0.05, 0.1) is 49.7 Å². The number of hydrogen-bond acceptors (Lipinski definition) is 9. The predicted octanol–water partition coefficient (Wildman–Crippen LogP) is 1.59. The number of benzene rings is 1. The number of carbonyl (C=O) groups excluding carboxylic acids is 2. The van der Waals surface area contributed by atoms with Gasteiger partial charge in [0.25, 0.3) is 0 Å². The molecule has 1 aliphatic heterocycles. The first kappa shape index (κ1) is 29.4. The lowest BCUT2D eigenvalue weighted by atomic mass is 9.82. The van der Waals surface area contributed by atoms with E-state index in [4.69, 9.17) is 41.8 Å². The third-order valence-electron chi connectivity index (χ3n) is 4.34.